The van der Waals surface area contributed by atoms with E-state index in [0.717, 1.165) is 5.76 Å². The second kappa shape index (κ2) is 5.79. The van der Waals surface area contributed by atoms with E-state index in [1.54, 1.807) is 6.92 Å². The lowest BCUT2D eigenvalue weighted by atomic mass is 9.93. The minimum atomic E-state index is -1.08. The number of likely N-dealkylation sites (tertiary alicyclic amines) is 1. The molecular formula is C15H22N2O4. The lowest BCUT2D eigenvalue weighted by Gasteiger charge is -2.34. The van der Waals surface area contributed by atoms with Gasteiger partial charge in [0, 0.05) is 6.54 Å². The summed E-state index contributed by atoms with van der Waals surface area (Å²) >= 11 is 0. The van der Waals surface area contributed by atoms with Gasteiger partial charge in [-0.05, 0) is 45.2 Å². The molecule has 1 fully saturated rings. The van der Waals surface area contributed by atoms with Crippen LogP contribution in [0.2, 0.25) is 0 Å². The fraction of sp³-hybridized carbons (Fsp3) is 0.600. The van der Waals surface area contributed by atoms with Crippen molar-refractivity contribution in [3.8, 4) is 0 Å². The second-order valence-corrected chi connectivity index (χ2v) is 5.57. The van der Waals surface area contributed by atoms with Crippen LogP contribution in [0.25, 0.3) is 0 Å². The normalized spacial score (nSPS) is 23.1. The molecule has 0 spiro atoms. The minimum absolute atomic E-state index is 0.296. The number of nitrogens with zero attached hydrogens (tertiary/aromatic N) is 1. The molecule has 2 unspecified atom stereocenters. The van der Waals surface area contributed by atoms with Gasteiger partial charge in [-0.3, -0.25) is 0 Å². The third kappa shape index (κ3) is 2.75. The van der Waals surface area contributed by atoms with Gasteiger partial charge in [-0.2, -0.15) is 0 Å². The van der Waals surface area contributed by atoms with E-state index in [2.05, 4.69) is 5.32 Å². The summed E-state index contributed by atoms with van der Waals surface area (Å²) in [5.41, 5.74) is -1.08. The van der Waals surface area contributed by atoms with Gasteiger partial charge in [-0.25, -0.2) is 9.59 Å². The molecule has 6 heteroatoms. The Hall–Kier alpha value is -1.98. The zero-order valence-electron chi connectivity index (χ0n) is 12.7. The van der Waals surface area contributed by atoms with E-state index in [0.29, 0.717) is 31.6 Å². The Morgan fingerprint density at radius 2 is 2.24 bits per heavy atom. The fourth-order valence-electron chi connectivity index (χ4n) is 2.94. The molecule has 1 aliphatic heterocycles. The summed E-state index contributed by atoms with van der Waals surface area (Å²) in [6.45, 7) is 5.93. The quantitative estimate of drug-likeness (QED) is 0.894. The molecule has 116 valence electrons. The smallest absolute Gasteiger partial charge is 0.329 e. The standard InChI is InChI=1S/C15H22N2O4/c1-4-15(13(18)19)8-5-9-17(15)14(20)16-11(3)12-7-6-10(2)21-12/h6-7,11H,4-5,8-9H2,1-3H3,(H,16,20)(H,18,19). The van der Waals surface area contributed by atoms with Gasteiger partial charge < -0.3 is 19.7 Å². The zero-order valence-corrected chi connectivity index (χ0v) is 12.7. The van der Waals surface area contributed by atoms with Gasteiger partial charge in [0.25, 0.3) is 0 Å². The zero-order chi connectivity index (χ0) is 15.6. The first-order valence-corrected chi connectivity index (χ1v) is 7.28. The number of furan rings is 1. The highest BCUT2D eigenvalue weighted by atomic mass is 16.4. The average Bonchev–Trinajstić information content (AvgIpc) is 3.04. The van der Waals surface area contributed by atoms with Gasteiger partial charge in [0.1, 0.15) is 17.1 Å². The number of amides is 2. The van der Waals surface area contributed by atoms with Crippen LogP contribution >= 0.6 is 0 Å². The van der Waals surface area contributed by atoms with E-state index in [-0.39, 0.29) is 12.1 Å². The van der Waals surface area contributed by atoms with Crippen molar-refractivity contribution in [2.24, 2.45) is 0 Å². The van der Waals surface area contributed by atoms with Gasteiger partial charge in [0.05, 0.1) is 6.04 Å². The predicted molar refractivity (Wildman–Crippen MR) is 77.0 cm³/mol. The summed E-state index contributed by atoms with van der Waals surface area (Å²) in [6, 6.07) is 3.00. The molecule has 2 N–H and O–H groups in total. The Labute approximate surface area is 124 Å². The number of rotatable bonds is 4. The summed E-state index contributed by atoms with van der Waals surface area (Å²) in [5.74, 6) is 0.511. The molecule has 0 bridgehead atoms. The second-order valence-electron chi connectivity index (χ2n) is 5.57. The minimum Gasteiger partial charge on any atom is -0.479 e. The van der Waals surface area contributed by atoms with Gasteiger partial charge >= 0.3 is 12.0 Å². The molecule has 0 saturated carbocycles. The van der Waals surface area contributed by atoms with E-state index >= 15 is 0 Å². The summed E-state index contributed by atoms with van der Waals surface area (Å²) < 4.78 is 5.49. The maximum Gasteiger partial charge on any atom is 0.329 e. The summed E-state index contributed by atoms with van der Waals surface area (Å²) in [7, 11) is 0. The number of carboxylic acids is 1. The van der Waals surface area contributed by atoms with E-state index in [1.165, 1.54) is 4.90 Å². The first kappa shape index (κ1) is 15.4. The maximum atomic E-state index is 12.4. The molecule has 0 aliphatic carbocycles. The highest BCUT2D eigenvalue weighted by Crippen LogP contribution is 2.33. The third-order valence-electron chi connectivity index (χ3n) is 4.24. The monoisotopic (exact) mass is 294 g/mol. The highest BCUT2D eigenvalue weighted by Gasteiger charge is 2.48. The van der Waals surface area contributed by atoms with Crippen LogP contribution in [0.5, 0.6) is 0 Å². The molecule has 0 aromatic carbocycles. The van der Waals surface area contributed by atoms with Crippen LogP contribution in [0.4, 0.5) is 4.79 Å². The van der Waals surface area contributed by atoms with Crippen LogP contribution < -0.4 is 5.32 Å². The lowest BCUT2D eigenvalue weighted by Crippen LogP contribution is -2.55. The third-order valence-corrected chi connectivity index (χ3v) is 4.24. The Bertz CT molecular complexity index is 540. The molecule has 2 rings (SSSR count). The summed E-state index contributed by atoms with van der Waals surface area (Å²) in [5, 5.41) is 12.3. The Morgan fingerprint density at radius 3 is 2.76 bits per heavy atom. The molecule has 0 radical (unpaired) electrons. The van der Waals surface area contributed by atoms with Crippen LogP contribution in [0.1, 0.15) is 50.7 Å². The molecule has 21 heavy (non-hydrogen) atoms. The van der Waals surface area contributed by atoms with E-state index in [9.17, 15) is 14.7 Å². The fourth-order valence-corrected chi connectivity index (χ4v) is 2.94. The van der Waals surface area contributed by atoms with Crippen molar-refractivity contribution in [2.45, 2.75) is 51.6 Å². The van der Waals surface area contributed by atoms with Crippen molar-refractivity contribution >= 4 is 12.0 Å². The van der Waals surface area contributed by atoms with Crippen LogP contribution in [0, 0.1) is 6.92 Å². The number of carboxylic acid groups (broad SMARTS) is 1. The predicted octanol–water partition coefficient (Wildman–Crippen LogP) is 2.69. The van der Waals surface area contributed by atoms with Crippen molar-refractivity contribution < 1.29 is 19.1 Å². The molecule has 2 heterocycles. The van der Waals surface area contributed by atoms with Crippen LogP contribution in [0.3, 0.4) is 0 Å². The maximum absolute atomic E-state index is 12.4. The Morgan fingerprint density at radius 1 is 1.52 bits per heavy atom. The molecule has 1 saturated heterocycles. The number of hydrogen-bond acceptors (Lipinski definition) is 3. The number of urea groups is 1. The molecular weight excluding hydrogens is 272 g/mol. The molecule has 2 amide bonds. The molecule has 1 aromatic rings. The molecule has 1 aliphatic rings. The topological polar surface area (TPSA) is 82.8 Å². The number of aryl methyl sites for hydroxylation is 1. The SMILES string of the molecule is CCC1(C(=O)O)CCCN1C(=O)NC(C)c1ccc(C)o1. The van der Waals surface area contributed by atoms with Crippen molar-refractivity contribution in [2.75, 3.05) is 6.54 Å². The molecule has 1 aromatic heterocycles. The molecule has 6 nitrogen and oxygen atoms in total. The van der Waals surface area contributed by atoms with E-state index < -0.39 is 11.5 Å². The number of hydrogen-bond donors (Lipinski definition) is 2. The van der Waals surface area contributed by atoms with Gasteiger partial charge in [0.15, 0.2) is 0 Å². The lowest BCUT2D eigenvalue weighted by molar-refractivity contribution is -0.148. The van der Waals surface area contributed by atoms with E-state index in [4.69, 9.17) is 4.42 Å². The molecule has 2 atom stereocenters. The summed E-state index contributed by atoms with van der Waals surface area (Å²) in [6.07, 6.45) is 1.62. The largest absolute Gasteiger partial charge is 0.479 e. The van der Waals surface area contributed by atoms with Crippen molar-refractivity contribution in [3.05, 3.63) is 23.7 Å². The number of nitrogens with one attached hydrogen (secondary N) is 1. The first-order valence-electron chi connectivity index (χ1n) is 7.28. The Balaban J connectivity index is 2.10. The van der Waals surface area contributed by atoms with Crippen LogP contribution in [-0.2, 0) is 4.79 Å². The number of carbonyl (C=O) groups excluding carboxylic acids is 1. The highest BCUT2D eigenvalue weighted by molar-refractivity contribution is 5.87. The van der Waals surface area contributed by atoms with Crippen molar-refractivity contribution in [1.82, 2.24) is 10.2 Å². The summed E-state index contributed by atoms with van der Waals surface area (Å²) in [4.78, 5) is 25.5. The van der Waals surface area contributed by atoms with Gasteiger partial charge in [0.2, 0.25) is 0 Å². The number of aliphatic carboxylic acids is 1. The Kier molecular flexibility index (Phi) is 4.25. The van der Waals surface area contributed by atoms with Crippen LogP contribution in [0.15, 0.2) is 16.5 Å². The van der Waals surface area contributed by atoms with Gasteiger partial charge in [-0.1, -0.05) is 6.92 Å². The average molecular weight is 294 g/mol. The van der Waals surface area contributed by atoms with E-state index in [1.807, 2.05) is 26.0 Å². The first-order chi connectivity index (χ1) is 9.90. The van der Waals surface area contributed by atoms with Gasteiger partial charge in [-0.15, -0.1) is 0 Å². The van der Waals surface area contributed by atoms with Crippen molar-refractivity contribution in [3.63, 3.8) is 0 Å². The van der Waals surface area contributed by atoms with Crippen LogP contribution in [-0.4, -0.2) is 34.1 Å². The number of carbonyl (C=O) groups is 2. The van der Waals surface area contributed by atoms with Crippen molar-refractivity contribution in [1.29, 1.82) is 0 Å².